The fraction of sp³-hybridized carbons (Fsp3) is 0.438. The molecule has 5 heteroatoms. The number of aliphatic hydroxyl groups is 1. The highest BCUT2D eigenvalue weighted by atomic mass is 19.1. The zero-order chi connectivity index (χ0) is 14.8. The van der Waals surface area contributed by atoms with Gasteiger partial charge < -0.3 is 5.11 Å². The Balaban J connectivity index is 1.70. The second kappa shape index (κ2) is 5.95. The van der Waals surface area contributed by atoms with E-state index in [1.165, 1.54) is 11.6 Å². The Labute approximate surface area is 123 Å². The molecule has 2 heterocycles. The van der Waals surface area contributed by atoms with Gasteiger partial charge in [0.2, 0.25) is 0 Å². The molecule has 1 aliphatic rings. The van der Waals surface area contributed by atoms with Crippen LogP contribution in [0.1, 0.15) is 23.6 Å². The van der Waals surface area contributed by atoms with Gasteiger partial charge >= 0.3 is 0 Å². The number of hydrogen-bond acceptors (Lipinski definition) is 3. The van der Waals surface area contributed by atoms with Crippen molar-refractivity contribution in [1.29, 1.82) is 0 Å². The summed E-state index contributed by atoms with van der Waals surface area (Å²) in [7, 11) is 1.90. The molecule has 0 spiro atoms. The third-order valence-electron chi connectivity index (χ3n) is 4.06. The zero-order valence-electron chi connectivity index (χ0n) is 12.1. The van der Waals surface area contributed by atoms with Crippen molar-refractivity contribution in [1.82, 2.24) is 14.7 Å². The molecule has 2 atom stereocenters. The minimum Gasteiger partial charge on any atom is -0.392 e. The average molecular weight is 289 g/mol. The lowest BCUT2D eigenvalue weighted by atomic mass is 10.0. The number of β-amino-alcohol motifs (C(OH)–C–C–N with tert-alkyl or cyclic N) is 1. The summed E-state index contributed by atoms with van der Waals surface area (Å²) in [5, 5.41) is 14.1. The van der Waals surface area contributed by atoms with Crippen molar-refractivity contribution in [3.63, 3.8) is 0 Å². The van der Waals surface area contributed by atoms with Gasteiger partial charge in [0.25, 0.3) is 0 Å². The van der Waals surface area contributed by atoms with Gasteiger partial charge in [0.15, 0.2) is 0 Å². The van der Waals surface area contributed by atoms with Gasteiger partial charge in [0, 0.05) is 32.4 Å². The molecule has 0 unspecified atom stereocenters. The summed E-state index contributed by atoms with van der Waals surface area (Å²) in [5.74, 6) is -0.221. The van der Waals surface area contributed by atoms with Crippen LogP contribution in [0, 0.1) is 5.82 Å². The summed E-state index contributed by atoms with van der Waals surface area (Å²) in [6, 6.07) is 6.78. The Morgan fingerprint density at radius 3 is 3.00 bits per heavy atom. The van der Waals surface area contributed by atoms with E-state index in [4.69, 9.17) is 0 Å². The van der Waals surface area contributed by atoms with Crippen LogP contribution in [0.15, 0.2) is 36.7 Å². The first-order valence-corrected chi connectivity index (χ1v) is 7.27. The molecule has 0 aliphatic carbocycles. The van der Waals surface area contributed by atoms with Gasteiger partial charge in [-0.2, -0.15) is 5.10 Å². The first-order chi connectivity index (χ1) is 10.1. The normalized spacial score (nSPS) is 22.8. The molecule has 112 valence electrons. The second-order valence-corrected chi connectivity index (χ2v) is 5.73. The van der Waals surface area contributed by atoms with Crippen LogP contribution in [0.4, 0.5) is 4.39 Å². The van der Waals surface area contributed by atoms with Gasteiger partial charge in [0.1, 0.15) is 5.82 Å². The highest BCUT2D eigenvalue weighted by molar-refractivity contribution is 5.22. The van der Waals surface area contributed by atoms with E-state index >= 15 is 0 Å². The average Bonchev–Trinajstić information content (AvgIpc) is 3.02. The summed E-state index contributed by atoms with van der Waals surface area (Å²) < 4.78 is 15.2. The van der Waals surface area contributed by atoms with E-state index in [-0.39, 0.29) is 18.0 Å². The third-order valence-corrected chi connectivity index (χ3v) is 4.06. The number of aliphatic hydroxyl groups excluding tert-OH is 1. The van der Waals surface area contributed by atoms with Gasteiger partial charge in [-0.25, -0.2) is 4.39 Å². The largest absolute Gasteiger partial charge is 0.392 e. The predicted octanol–water partition coefficient (Wildman–Crippen LogP) is 1.91. The number of rotatable bonds is 4. The Morgan fingerprint density at radius 1 is 1.43 bits per heavy atom. The van der Waals surface area contributed by atoms with Crippen LogP contribution in [0.2, 0.25) is 0 Å². The van der Waals surface area contributed by atoms with E-state index in [2.05, 4.69) is 10.00 Å². The molecule has 1 aromatic carbocycles. The summed E-state index contributed by atoms with van der Waals surface area (Å²) in [4.78, 5) is 2.23. The molecule has 1 aliphatic heterocycles. The molecule has 1 saturated heterocycles. The fourth-order valence-corrected chi connectivity index (χ4v) is 3.06. The molecule has 1 aromatic heterocycles. The molecule has 4 nitrogen and oxygen atoms in total. The highest BCUT2D eigenvalue weighted by Gasteiger charge is 2.31. The summed E-state index contributed by atoms with van der Waals surface area (Å²) in [5.41, 5.74) is 2.12. The molecule has 2 aromatic rings. The van der Waals surface area contributed by atoms with Crippen molar-refractivity contribution >= 4 is 0 Å². The molecule has 1 fully saturated rings. The van der Waals surface area contributed by atoms with Crippen LogP contribution < -0.4 is 0 Å². The van der Waals surface area contributed by atoms with Crippen LogP contribution in [-0.4, -0.2) is 39.0 Å². The van der Waals surface area contributed by atoms with E-state index in [9.17, 15) is 9.50 Å². The lowest BCUT2D eigenvalue weighted by Gasteiger charge is -2.24. The number of likely N-dealkylation sites (tertiary alicyclic amines) is 1. The van der Waals surface area contributed by atoms with Crippen molar-refractivity contribution in [2.45, 2.75) is 25.0 Å². The molecule has 1 N–H and O–H groups in total. The van der Waals surface area contributed by atoms with E-state index in [1.807, 2.05) is 25.5 Å². The van der Waals surface area contributed by atoms with E-state index in [0.29, 0.717) is 13.0 Å². The first-order valence-electron chi connectivity index (χ1n) is 7.27. The standard InChI is InChI=1S/C16H20FN3O/c1-19-10-12(9-18-19)5-6-20-11-15(21)8-16(20)13-3-2-4-14(17)7-13/h2-4,7,9-10,15-16,21H,5-6,8,11H2,1H3/t15-,16+/m1/s1. The van der Waals surface area contributed by atoms with Gasteiger partial charge in [-0.1, -0.05) is 12.1 Å². The molecule has 0 bridgehead atoms. The van der Waals surface area contributed by atoms with Gasteiger partial charge in [-0.15, -0.1) is 0 Å². The molecule has 0 amide bonds. The van der Waals surface area contributed by atoms with Crippen LogP contribution in [-0.2, 0) is 13.5 Å². The number of benzene rings is 1. The van der Waals surface area contributed by atoms with Crippen LogP contribution >= 0.6 is 0 Å². The van der Waals surface area contributed by atoms with Crippen molar-refractivity contribution in [2.75, 3.05) is 13.1 Å². The Kier molecular flexibility index (Phi) is 4.03. The van der Waals surface area contributed by atoms with E-state index in [0.717, 1.165) is 18.5 Å². The van der Waals surface area contributed by atoms with Gasteiger partial charge in [0.05, 0.1) is 12.3 Å². The third kappa shape index (κ3) is 3.31. The maximum atomic E-state index is 13.4. The molecule has 0 radical (unpaired) electrons. The number of aromatic nitrogens is 2. The topological polar surface area (TPSA) is 41.3 Å². The van der Waals surface area contributed by atoms with Crippen LogP contribution in [0.3, 0.4) is 0 Å². The van der Waals surface area contributed by atoms with Crippen molar-refractivity contribution in [3.05, 3.63) is 53.6 Å². The minimum absolute atomic E-state index is 0.0902. The SMILES string of the molecule is Cn1cc(CCN2C[C@H](O)C[C@H]2c2cccc(F)c2)cn1. The molecule has 3 rings (SSSR count). The lowest BCUT2D eigenvalue weighted by Crippen LogP contribution is -2.27. The summed E-state index contributed by atoms with van der Waals surface area (Å²) >= 11 is 0. The van der Waals surface area contributed by atoms with Crippen LogP contribution in [0.5, 0.6) is 0 Å². The first kappa shape index (κ1) is 14.2. The monoisotopic (exact) mass is 289 g/mol. The van der Waals surface area contributed by atoms with Crippen molar-refractivity contribution < 1.29 is 9.50 Å². The number of nitrogens with zero attached hydrogens (tertiary/aromatic N) is 3. The van der Waals surface area contributed by atoms with Gasteiger partial charge in [-0.05, 0) is 36.1 Å². The number of hydrogen-bond donors (Lipinski definition) is 1. The predicted molar refractivity (Wildman–Crippen MR) is 78.2 cm³/mol. The van der Waals surface area contributed by atoms with E-state index < -0.39 is 0 Å². The molecule has 0 saturated carbocycles. The smallest absolute Gasteiger partial charge is 0.123 e. The molecular weight excluding hydrogens is 269 g/mol. The zero-order valence-corrected chi connectivity index (χ0v) is 12.1. The fourth-order valence-electron chi connectivity index (χ4n) is 3.06. The Morgan fingerprint density at radius 2 is 2.29 bits per heavy atom. The Bertz CT molecular complexity index is 613. The maximum absolute atomic E-state index is 13.4. The highest BCUT2D eigenvalue weighted by Crippen LogP contribution is 2.32. The number of aryl methyl sites for hydroxylation is 1. The lowest BCUT2D eigenvalue weighted by molar-refractivity contribution is 0.175. The van der Waals surface area contributed by atoms with E-state index in [1.54, 1.807) is 16.8 Å². The molecule has 21 heavy (non-hydrogen) atoms. The van der Waals surface area contributed by atoms with Crippen molar-refractivity contribution in [3.8, 4) is 0 Å². The Hall–Kier alpha value is -1.72. The summed E-state index contributed by atoms with van der Waals surface area (Å²) in [6.45, 7) is 1.48. The minimum atomic E-state index is -0.341. The maximum Gasteiger partial charge on any atom is 0.123 e. The number of halogens is 1. The van der Waals surface area contributed by atoms with Crippen LogP contribution in [0.25, 0.3) is 0 Å². The summed E-state index contributed by atoms with van der Waals surface area (Å²) in [6.07, 6.45) is 5.07. The quantitative estimate of drug-likeness (QED) is 0.935. The van der Waals surface area contributed by atoms with Gasteiger partial charge in [-0.3, -0.25) is 9.58 Å². The van der Waals surface area contributed by atoms with Crippen molar-refractivity contribution in [2.24, 2.45) is 7.05 Å². The molecular formula is C16H20FN3O. The second-order valence-electron chi connectivity index (χ2n) is 5.73.